The molecule has 0 unspecified atom stereocenters. The van der Waals surface area contributed by atoms with E-state index in [9.17, 15) is 4.79 Å². The van der Waals surface area contributed by atoms with Crippen molar-refractivity contribution in [2.75, 3.05) is 6.54 Å². The van der Waals surface area contributed by atoms with Gasteiger partial charge in [-0.3, -0.25) is 9.89 Å². The average Bonchev–Trinajstić information content (AvgIpc) is 3.57. The van der Waals surface area contributed by atoms with Crippen molar-refractivity contribution in [3.05, 3.63) is 114 Å². The third kappa shape index (κ3) is 4.38. The van der Waals surface area contributed by atoms with E-state index in [1.807, 2.05) is 79.0 Å². The largest absolute Gasteiger partial charge is 0.360 e. The average molecular weight is 446 g/mol. The van der Waals surface area contributed by atoms with Gasteiger partial charge in [0.05, 0.1) is 23.9 Å². The minimum absolute atomic E-state index is 0.0216. The maximum atomic E-state index is 13.7. The summed E-state index contributed by atoms with van der Waals surface area (Å²) in [5.41, 5.74) is 6.28. The molecule has 0 aliphatic heterocycles. The van der Waals surface area contributed by atoms with Gasteiger partial charge in [0.1, 0.15) is 0 Å². The molecule has 0 radical (unpaired) electrons. The van der Waals surface area contributed by atoms with Crippen LogP contribution >= 0.6 is 0 Å². The summed E-state index contributed by atoms with van der Waals surface area (Å²) in [6.07, 6.45) is 6.17. The van der Waals surface area contributed by atoms with Gasteiger partial charge in [-0.05, 0) is 41.3 Å². The van der Waals surface area contributed by atoms with E-state index < -0.39 is 6.04 Å². The van der Waals surface area contributed by atoms with Crippen LogP contribution in [0.4, 0.5) is 0 Å². The fraction of sp³-hybridized carbons (Fsp3) is 0.107. The molecule has 0 aliphatic rings. The number of aromatic nitrogens is 3. The number of fused-ring (bicyclic) bond motifs is 1. The van der Waals surface area contributed by atoms with E-state index in [1.54, 1.807) is 12.4 Å². The molecule has 0 amide bonds. The number of hydrogen-bond acceptors (Lipinski definition) is 4. The predicted molar refractivity (Wildman–Crippen MR) is 132 cm³/mol. The lowest BCUT2D eigenvalue weighted by Crippen LogP contribution is -2.30. The summed E-state index contributed by atoms with van der Waals surface area (Å²) in [5, 5.41) is 20.2. The smallest absolute Gasteiger partial charge is 0.186 e. The van der Waals surface area contributed by atoms with E-state index in [1.165, 1.54) is 0 Å². The molecule has 0 saturated heterocycles. The minimum Gasteiger partial charge on any atom is -0.360 e. The lowest BCUT2D eigenvalue weighted by molar-refractivity contribution is 0.0945. The van der Waals surface area contributed by atoms with Gasteiger partial charge in [0.25, 0.3) is 0 Å². The van der Waals surface area contributed by atoms with E-state index in [0.717, 1.165) is 39.6 Å². The van der Waals surface area contributed by atoms with Gasteiger partial charge in [0, 0.05) is 41.0 Å². The summed E-state index contributed by atoms with van der Waals surface area (Å²) in [7, 11) is 0. The van der Waals surface area contributed by atoms with Gasteiger partial charge in [-0.1, -0.05) is 54.6 Å². The molecule has 2 heterocycles. The Balaban J connectivity index is 1.39. The number of H-pyrrole nitrogens is 2. The Hall–Kier alpha value is -4.47. The Kier molecular flexibility index (Phi) is 6.02. The fourth-order valence-electron chi connectivity index (χ4n) is 4.19. The van der Waals surface area contributed by atoms with Crippen LogP contribution in [0.25, 0.3) is 22.0 Å². The van der Waals surface area contributed by atoms with Crippen molar-refractivity contribution in [3.63, 3.8) is 0 Å². The number of ketones is 1. The van der Waals surface area contributed by atoms with Crippen molar-refractivity contribution in [2.24, 2.45) is 0 Å². The van der Waals surface area contributed by atoms with Crippen LogP contribution in [0, 0.1) is 11.3 Å². The number of carbonyl (C=O) groups is 1. The summed E-state index contributed by atoms with van der Waals surface area (Å²) in [6, 6.07) is 25.0. The SMILES string of the molecule is N#Cc1ccc(CCN[C@H](C(=O)c2c[nH]c3cc(-c4cn[nH]c4)ccc23)c2ccccc2)cc1. The van der Waals surface area contributed by atoms with Gasteiger partial charge in [-0.25, -0.2) is 0 Å². The highest BCUT2D eigenvalue weighted by atomic mass is 16.1. The topological polar surface area (TPSA) is 97.4 Å². The van der Waals surface area contributed by atoms with Crippen LogP contribution in [-0.2, 0) is 6.42 Å². The second kappa shape index (κ2) is 9.57. The Morgan fingerprint density at radius 2 is 1.82 bits per heavy atom. The molecule has 0 aliphatic carbocycles. The normalized spacial score (nSPS) is 11.9. The highest BCUT2D eigenvalue weighted by molar-refractivity contribution is 6.11. The summed E-state index contributed by atoms with van der Waals surface area (Å²) < 4.78 is 0. The van der Waals surface area contributed by atoms with Crippen LogP contribution in [0.2, 0.25) is 0 Å². The Morgan fingerprint density at radius 1 is 1.00 bits per heavy atom. The molecule has 34 heavy (non-hydrogen) atoms. The number of nitrogens with one attached hydrogen (secondary N) is 3. The van der Waals surface area contributed by atoms with Crippen LogP contribution in [0.5, 0.6) is 0 Å². The number of aromatic amines is 2. The number of nitrogens with zero attached hydrogens (tertiary/aromatic N) is 2. The van der Waals surface area contributed by atoms with Crippen molar-refractivity contribution < 1.29 is 4.79 Å². The third-order valence-corrected chi connectivity index (χ3v) is 6.02. The second-order valence-corrected chi connectivity index (χ2v) is 8.17. The molecule has 0 saturated carbocycles. The van der Waals surface area contributed by atoms with E-state index in [2.05, 4.69) is 26.6 Å². The zero-order chi connectivity index (χ0) is 23.3. The molecule has 0 fully saturated rings. The van der Waals surface area contributed by atoms with Gasteiger partial charge in [-0.2, -0.15) is 10.4 Å². The number of Topliss-reactive ketones (excluding diaryl/α,β-unsaturated/α-hetero) is 1. The highest BCUT2D eigenvalue weighted by Gasteiger charge is 2.24. The zero-order valence-electron chi connectivity index (χ0n) is 18.5. The molecule has 3 aromatic carbocycles. The third-order valence-electron chi connectivity index (χ3n) is 6.02. The van der Waals surface area contributed by atoms with Gasteiger partial charge in [-0.15, -0.1) is 0 Å². The van der Waals surface area contributed by atoms with Gasteiger partial charge >= 0.3 is 0 Å². The molecule has 6 heteroatoms. The molecular weight excluding hydrogens is 422 g/mol. The first-order valence-corrected chi connectivity index (χ1v) is 11.1. The number of rotatable bonds is 8. The highest BCUT2D eigenvalue weighted by Crippen LogP contribution is 2.28. The molecule has 0 bridgehead atoms. The van der Waals surface area contributed by atoms with Crippen LogP contribution in [0.15, 0.2) is 91.4 Å². The van der Waals surface area contributed by atoms with Gasteiger partial charge in [0.15, 0.2) is 5.78 Å². The molecule has 5 aromatic rings. The van der Waals surface area contributed by atoms with E-state index in [0.29, 0.717) is 17.7 Å². The lowest BCUT2D eigenvalue weighted by atomic mass is 9.96. The van der Waals surface area contributed by atoms with Crippen molar-refractivity contribution in [1.82, 2.24) is 20.5 Å². The summed E-state index contributed by atoms with van der Waals surface area (Å²) in [5.74, 6) is 0.0216. The first-order chi connectivity index (χ1) is 16.7. The van der Waals surface area contributed by atoms with Crippen molar-refractivity contribution in [2.45, 2.75) is 12.5 Å². The van der Waals surface area contributed by atoms with E-state index >= 15 is 0 Å². The van der Waals surface area contributed by atoms with Crippen molar-refractivity contribution in [3.8, 4) is 17.2 Å². The monoisotopic (exact) mass is 445 g/mol. The Bertz CT molecular complexity index is 1440. The molecule has 1 atom stereocenters. The summed E-state index contributed by atoms with van der Waals surface area (Å²) in [4.78, 5) is 17.0. The first-order valence-electron chi connectivity index (χ1n) is 11.1. The van der Waals surface area contributed by atoms with E-state index in [4.69, 9.17) is 5.26 Å². The standard InChI is InChI=1S/C28H23N5O/c29-15-20-8-6-19(7-9-20)12-13-30-27(21-4-2-1-3-5-21)28(34)25-18-31-26-14-22(10-11-24(25)26)23-16-32-33-17-23/h1-11,14,16-18,27,30-31H,12-13H2,(H,32,33)/t27-/m0/s1. The molecule has 166 valence electrons. The van der Waals surface area contributed by atoms with Crippen molar-refractivity contribution in [1.29, 1.82) is 5.26 Å². The molecule has 3 N–H and O–H groups in total. The summed E-state index contributed by atoms with van der Waals surface area (Å²) >= 11 is 0. The number of benzene rings is 3. The minimum atomic E-state index is -0.466. The van der Waals surface area contributed by atoms with Crippen LogP contribution in [0.3, 0.4) is 0 Å². The van der Waals surface area contributed by atoms with Crippen molar-refractivity contribution >= 4 is 16.7 Å². The van der Waals surface area contributed by atoms with Crippen LogP contribution < -0.4 is 5.32 Å². The Morgan fingerprint density at radius 3 is 2.56 bits per heavy atom. The number of nitriles is 1. The predicted octanol–water partition coefficient (Wildman–Crippen LogP) is 5.19. The second-order valence-electron chi connectivity index (χ2n) is 8.17. The van der Waals surface area contributed by atoms with Crippen LogP contribution in [0.1, 0.15) is 33.1 Å². The summed E-state index contributed by atoms with van der Waals surface area (Å²) in [6.45, 7) is 0.629. The van der Waals surface area contributed by atoms with Crippen LogP contribution in [-0.4, -0.2) is 27.5 Å². The van der Waals surface area contributed by atoms with Gasteiger partial charge < -0.3 is 10.3 Å². The number of carbonyl (C=O) groups excluding carboxylic acids is 1. The van der Waals surface area contributed by atoms with Gasteiger partial charge in [0.2, 0.25) is 0 Å². The van der Waals surface area contributed by atoms with E-state index in [-0.39, 0.29) is 5.78 Å². The molecule has 0 spiro atoms. The maximum Gasteiger partial charge on any atom is 0.186 e. The zero-order valence-corrected chi connectivity index (χ0v) is 18.5. The lowest BCUT2D eigenvalue weighted by Gasteiger charge is -2.18. The molecule has 5 rings (SSSR count). The molecule has 6 nitrogen and oxygen atoms in total. The fourth-order valence-corrected chi connectivity index (χ4v) is 4.19. The molecule has 2 aromatic heterocycles. The maximum absolute atomic E-state index is 13.7. The first kappa shape index (κ1) is 21.4. The number of hydrogen-bond donors (Lipinski definition) is 3. The molecular formula is C28H23N5O. The quantitative estimate of drug-likeness (QED) is 0.287. The Labute approximate surface area is 197 Å².